The van der Waals surface area contributed by atoms with E-state index in [1.54, 1.807) is 31.2 Å². The Labute approximate surface area is 208 Å². The minimum atomic E-state index is -0.787. The Bertz CT molecular complexity index is 1160. The summed E-state index contributed by atoms with van der Waals surface area (Å²) in [7, 11) is 0. The van der Waals surface area contributed by atoms with Gasteiger partial charge in [0.25, 0.3) is 0 Å². The zero-order chi connectivity index (χ0) is 25.4. The molecule has 35 heavy (non-hydrogen) atoms. The highest BCUT2D eigenvalue weighted by Crippen LogP contribution is 2.27. The monoisotopic (exact) mass is 495 g/mol. The number of amides is 3. The van der Waals surface area contributed by atoms with Gasteiger partial charge in [-0.3, -0.25) is 10.1 Å². The molecule has 0 radical (unpaired) electrons. The number of hydrogen-bond acceptors (Lipinski definition) is 7. The number of esters is 1. The van der Waals surface area contributed by atoms with Crippen molar-refractivity contribution in [2.24, 2.45) is 5.92 Å². The van der Waals surface area contributed by atoms with Crippen molar-refractivity contribution in [3.05, 3.63) is 59.7 Å². The van der Waals surface area contributed by atoms with Crippen LogP contribution in [0.25, 0.3) is 10.6 Å². The lowest BCUT2D eigenvalue weighted by Gasteiger charge is -2.23. The van der Waals surface area contributed by atoms with Crippen molar-refractivity contribution in [2.45, 2.75) is 40.2 Å². The first-order chi connectivity index (χ1) is 16.8. The standard InChI is InChI=1S/C25H29N5O4S/c1-5-16(4)20(27-24(33)26-19-13-11-18(12-14-19)23(32)34-6-2)21(31)28-25-30-29-22(35-25)17-9-7-15(3)8-10-17/h7-14,16,20H,5-6H2,1-4H3,(H2,26,27,33)(H,28,30,31). The highest BCUT2D eigenvalue weighted by molar-refractivity contribution is 7.18. The van der Waals surface area contributed by atoms with Crippen molar-refractivity contribution >= 4 is 40.1 Å². The Morgan fingerprint density at radius 3 is 2.29 bits per heavy atom. The van der Waals surface area contributed by atoms with Crippen molar-refractivity contribution in [3.63, 3.8) is 0 Å². The molecule has 3 amide bonds. The van der Waals surface area contributed by atoms with Gasteiger partial charge in [0.15, 0.2) is 0 Å². The highest BCUT2D eigenvalue weighted by Gasteiger charge is 2.27. The van der Waals surface area contributed by atoms with Gasteiger partial charge in [-0.15, -0.1) is 10.2 Å². The van der Waals surface area contributed by atoms with Gasteiger partial charge in [0.05, 0.1) is 12.2 Å². The average Bonchev–Trinajstić information content (AvgIpc) is 3.31. The molecule has 10 heteroatoms. The second-order valence-corrected chi connectivity index (χ2v) is 9.00. The fraction of sp³-hybridized carbons (Fsp3) is 0.320. The van der Waals surface area contributed by atoms with Crippen LogP contribution in [0.2, 0.25) is 0 Å². The van der Waals surface area contributed by atoms with Gasteiger partial charge in [-0.1, -0.05) is 61.4 Å². The Morgan fingerprint density at radius 1 is 0.971 bits per heavy atom. The summed E-state index contributed by atoms with van der Waals surface area (Å²) in [6.45, 7) is 7.85. The molecule has 3 N–H and O–H groups in total. The number of carbonyl (C=O) groups is 3. The van der Waals surface area contributed by atoms with Gasteiger partial charge in [0, 0.05) is 11.3 Å². The smallest absolute Gasteiger partial charge is 0.338 e. The lowest BCUT2D eigenvalue weighted by atomic mass is 9.98. The Kier molecular flexibility index (Phi) is 8.91. The molecule has 184 valence electrons. The molecule has 2 unspecified atom stereocenters. The maximum absolute atomic E-state index is 13.0. The van der Waals surface area contributed by atoms with Crippen molar-refractivity contribution in [1.82, 2.24) is 15.5 Å². The molecule has 2 atom stereocenters. The second-order valence-electron chi connectivity index (χ2n) is 8.03. The van der Waals surface area contributed by atoms with Crippen LogP contribution in [-0.2, 0) is 9.53 Å². The van der Waals surface area contributed by atoms with Crippen LogP contribution >= 0.6 is 11.3 Å². The molecule has 0 fully saturated rings. The van der Waals surface area contributed by atoms with E-state index in [-0.39, 0.29) is 18.4 Å². The van der Waals surface area contributed by atoms with Crippen LogP contribution in [-0.4, -0.2) is 40.8 Å². The SMILES string of the molecule is CCOC(=O)c1ccc(NC(=O)NC(C(=O)Nc2nnc(-c3ccc(C)cc3)s2)C(C)CC)cc1. The van der Waals surface area contributed by atoms with E-state index in [1.807, 2.05) is 45.0 Å². The quantitative estimate of drug-likeness (QED) is 0.364. The van der Waals surface area contributed by atoms with E-state index in [4.69, 9.17) is 4.74 Å². The molecule has 3 aromatic rings. The average molecular weight is 496 g/mol. The number of aryl methyl sites for hydroxylation is 1. The van der Waals surface area contributed by atoms with Gasteiger partial charge in [0.2, 0.25) is 11.0 Å². The summed E-state index contributed by atoms with van der Waals surface area (Å²) in [5.74, 6) is -0.936. The van der Waals surface area contributed by atoms with Crippen molar-refractivity contribution in [2.75, 3.05) is 17.2 Å². The summed E-state index contributed by atoms with van der Waals surface area (Å²) in [5.41, 5.74) is 2.92. The lowest BCUT2D eigenvalue weighted by Crippen LogP contribution is -2.49. The molecule has 9 nitrogen and oxygen atoms in total. The van der Waals surface area contributed by atoms with Gasteiger partial charge in [-0.25, -0.2) is 9.59 Å². The van der Waals surface area contributed by atoms with E-state index in [0.717, 1.165) is 11.1 Å². The molecule has 0 aliphatic rings. The zero-order valence-electron chi connectivity index (χ0n) is 20.1. The largest absolute Gasteiger partial charge is 0.462 e. The summed E-state index contributed by atoms with van der Waals surface area (Å²) in [4.78, 5) is 37.4. The predicted molar refractivity (Wildman–Crippen MR) is 137 cm³/mol. The normalized spacial score (nSPS) is 12.3. The Morgan fingerprint density at radius 2 is 1.66 bits per heavy atom. The molecule has 1 heterocycles. The van der Waals surface area contributed by atoms with Crippen LogP contribution in [0.3, 0.4) is 0 Å². The van der Waals surface area contributed by atoms with Crippen LogP contribution in [0, 0.1) is 12.8 Å². The summed E-state index contributed by atoms with van der Waals surface area (Å²) in [6.07, 6.45) is 0.678. The first-order valence-corrected chi connectivity index (χ1v) is 12.2. The zero-order valence-corrected chi connectivity index (χ0v) is 20.9. The third-order valence-electron chi connectivity index (χ3n) is 5.39. The molecule has 0 spiro atoms. The molecule has 0 aliphatic carbocycles. The van der Waals surface area contributed by atoms with Crippen LogP contribution in [0.4, 0.5) is 15.6 Å². The van der Waals surface area contributed by atoms with Crippen LogP contribution in [0.5, 0.6) is 0 Å². The molecule has 0 saturated carbocycles. The van der Waals surface area contributed by atoms with Crippen LogP contribution < -0.4 is 16.0 Å². The summed E-state index contributed by atoms with van der Waals surface area (Å²) < 4.78 is 4.95. The third kappa shape index (κ3) is 7.10. The third-order valence-corrected chi connectivity index (χ3v) is 6.28. The molecule has 0 bridgehead atoms. The molecule has 0 saturated heterocycles. The number of nitrogens with zero attached hydrogens (tertiary/aromatic N) is 2. The first-order valence-electron chi connectivity index (χ1n) is 11.4. The minimum Gasteiger partial charge on any atom is -0.462 e. The van der Waals surface area contributed by atoms with E-state index in [0.29, 0.717) is 27.8 Å². The topological polar surface area (TPSA) is 122 Å². The molecule has 2 aromatic carbocycles. The fourth-order valence-electron chi connectivity index (χ4n) is 3.18. The maximum atomic E-state index is 13.0. The van der Waals surface area contributed by atoms with Gasteiger partial charge in [-0.2, -0.15) is 0 Å². The van der Waals surface area contributed by atoms with Crippen molar-refractivity contribution in [3.8, 4) is 10.6 Å². The number of benzene rings is 2. The number of aromatic nitrogens is 2. The molecule has 3 rings (SSSR count). The molecular formula is C25H29N5O4S. The van der Waals surface area contributed by atoms with Gasteiger partial charge < -0.3 is 15.4 Å². The van der Waals surface area contributed by atoms with E-state index in [9.17, 15) is 14.4 Å². The minimum absolute atomic E-state index is 0.128. The van der Waals surface area contributed by atoms with Gasteiger partial charge in [-0.05, 0) is 44.0 Å². The Balaban J connectivity index is 1.63. The van der Waals surface area contributed by atoms with Crippen molar-refractivity contribution in [1.29, 1.82) is 0 Å². The molecule has 1 aromatic heterocycles. The van der Waals surface area contributed by atoms with E-state index < -0.39 is 18.0 Å². The van der Waals surface area contributed by atoms with E-state index >= 15 is 0 Å². The number of anilines is 2. The number of hydrogen-bond donors (Lipinski definition) is 3. The number of carbonyl (C=O) groups excluding carboxylic acids is 3. The van der Waals surface area contributed by atoms with E-state index in [2.05, 4.69) is 26.1 Å². The van der Waals surface area contributed by atoms with Crippen LogP contribution in [0.1, 0.15) is 43.1 Å². The van der Waals surface area contributed by atoms with Crippen LogP contribution in [0.15, 0.2) is 48.5 Å². The fourth-order valence-corrected chi connectivity index (χ4v) is 3.94. The first kappa shape index (κ1) is 25.8. The van der Waals surface area contributed by atoms with E-state index in [1.165, 1.54) is 11.3 Å². The number of ether oxygens (including phenoxy) is 1. The predicted octanol–water partition coefficient (Wildman–Crippen LogP) is 4.87. The molecular weight excluding hydrogens is 466 g/mol. The summed E-state index contributed by atoms with van der Waals surface area (Å²) in [6, 6.07) is 12.9. The number of urea groups is 1. The highest BCUT2D eigenvalue weighted by atomic mass is 32.1. The summed E-state index contributed by atoms with van der Waals surface area (Å²) in [5, 5.41) is 17.5. The number of nitrogens with one attached hydrogen (secondary N) is 3. The molecule has 0 aliphatic heterocycles. The lowest BCUT2D eigenvalue weighted by molar-refractivity contribution is -0.119. The Hall–Kier alpha value is -3.79. The summed E-state index contributed by atoms with van der Waals surface area (Å²) >= 11 is 1.27. The van der Waals surface area contributed by atoms with Crippen molar-refractivity contribution < 1.29 is 19.1 Å². The maximum Gasteiger partial charge on any atom is 0.338 e. The van der Waals surface area contributed by atoms with Gasteiger partial charge >= 0.3 is 12.0 Å². The number of rotatable bonds is 9. The second kappa shape index (κ2) is 12.1. The van der Waals surface area contributed by atoms with Gasteiger partial charge in [0.1, 0.15) is 11.0 Å².